The van der Waals surface area contributed by atoms with Gasteiger partial charge >= 0.3 is 0 Å². The van der Waals surface area contributed by atoms with Gasteiger partial charge in [0.2, 0.25) is 11.8 Å². The van der Waals surface area contributed by atoms with Crippen LogP contribution in [0, 0.1) is 5.92 Å². The summed E-state index contributed by atoms with van der Waals surface area (Å²) in [5.41, 5.74) is 0.539. The third-order valence-corrected chi connectivity index (χ3v) is 6.29. The molecule has 2 aromatic rings. The first-order chi connectivity index (χ1) is 14.6. The molecule has 0 unspecified atom stereocenters. The number of aromatic nitrogens is 1. The molecule has 3 heterocycles. The molecule has 2 fully saturated rings. The molecule has 30 heavy (non-hydrogen) atoms. The van der Waals surface area contributed by atoms with Crippen molar-refractivity contribution in [1.82, 2.24) is 14.8 Å². The smallest absolute Gasteiger partial charge is 0.255 e. The summed E-state index contributed by atoms with van der Waals surface area (Å²) in [6.45, 7) is 2.99. The van der Waals surface area contributed by atoms with Crippen LogP contribution in [0.3, 0.4) is 0 Å². The Kier molecular flexibility index (Phi) is 6.67. The Morgan fingerprint density at radius 1 is 0.967 bits per heavy atom. The second-order valence-electron chi connectivity index (χ2n) is 7.90. The van der Waals surface area contributed by atoms with Crippen LogP contribution in [0.4, 0.5) is 0 Å². The monoisotopic (exact) mass is 471 g/mol. The van der Waals surface area contributed by atoms with Crippen molar-refractivity contribution < 1.29 is 14.3 Å². The van der Waals surface area contributed by atoms with Gasteiger partial charge in [0.15, 0.2) is 0 Å². The molecule has 158 valence electrons. The Hall–Kier alpha value is -2.41. The van der Waals surface area contributed by atoms with Gasteiger partial charge in [-0.25, -0.2) is 4.98 Å². The summed E-state index contributed by atoms with van der Waals surface area (Å²) in [6, 6.07) is 11.0. The van der Waals surface area contributed by atoms with E-state index in [0.29, 0.717) is 30.3 Å². The predicted molar refractivity (Wildman–Crippen MR) is 118 cm³/mol. The van der Waals surface area contributed by atoms with Gasteiger partial charge in [-0.2, -0.15) is 0 Å². The second-order valence-corrected chi connectivity index (χ2v) is 8.81. The zero-order chi connectivity index (χ0) is 20.9. The average Bonchev–Trinajstić information content (AvgIpc) is 2.79. The minimum atomic E-state index is -0.0413. The Morgan fingerprint density at radius 3 is 2.40 bits per heavy atom. The summed E-state index contributed by atoms with van der Waals surface area (Å²) < 4.78 is 6.65. The number of benzene rings is 1. The number of nitrogens with zero attached hydrogens (tertiary/aromatic N) is 3. The Balaban J connectivity index is 1.31. The molecule has 6 nitrogen and oxygen atoms in total. The maximum absolute atomic E-state index is 12.8. The number of amides is 2. The van der Waals surface area contributed by atoms with Crippen molar-refractivity contribution in [2.45, 2.75) is 32.1 Å². The third kappa shape index (κ3) is 5.01. The molecule has 0 saturated carbocycles. The first-order valence-corrected chi connectivity index (χ1v) is 11.4. The quantitative estimate of drug-likeness (QED) is 0.658. The number of hydrogen-bond acceptors (Lipinski definition) is 4. The van der Waals surface area contributed by atoms with Gasteiger partial charge in [-0.3, -0.25) is 9.59 Å². The highest BCUT2D eigenvalue weighted by Crippen LogP contribution is 2.25. The maximum atomic E-state index is 12.8. The van der Waals surface area contributed by atoms with E-state index in [1.165, 1.54) is 6.42 Å². The largest absolute Gasteiger partial charge is 0.439 e. The number of piperidine rings is 2. The summed E-state index contributed by atoms with van der Waals surface area (Å²) in [7, 11) is 0. The highest BCUT2D eigenvalue weighted by atomic mass is 79.9. The molecule has 0 radical (unpaired) electrons. The van der Waals surface area contributed by atoms with Crippen molar-refractivity contribution in [2.24, 2.45) is 5.92 Å². The Labute approximate surface area is 185 Å². The van der Waals surface area contributed by atoms with Crippen LogP contribution in [0.25, 0.3) is 0 Å². The van der Waals surface area contributed by atoms with Crippen LogP contribution in [-0.4, -0.2) is 52.8 Å². The van der Waals surface area contributed by atoms with Crippen LogP contribution in [0.15, 0.2) is 47.1 Å². The molecule has 2 saturated heterocycles. The third-order valence-electron chi connectivity index (χ3n) is 5.80. The molecule has 7 heteroatoms. The van der Waals surface area contributed by atoms with E-state index >= 15 is 0 Å². The number of rotatable bonds is 4. The molecule has 0 bridgehead atoms. The lowest BCUT2D eigenvalue weighted by Crippen LogP contribution is -2.45. The van der Waals surface area contributed by atoms with Gasteiger partial charge < -0.3 is 14.5 Å². The van der Waals surface area contributed by atoms with Gasteiger partial charge in [-0.05, 0) is 56.4 Å². The summed E-state index contributed by atoms with van der Waals surface area (Å²) in [5.74, 6) is 1.40. The molecule has 1 aromatic heterocycles. The lowest BCUT2D eigenvalue weighted by Gasteiger charge is -2.35. The summed E-state index contributed by atoms with van der Waals surface area (Å²) in [6.07, 6.45) is 6.46. The van der Waals surface area contributed by atoms with E-state index in [1.807, 2.05) is 34.1 Å². The van der Waals surface area contributed by atoms with Gasteiger partial charge in [0.25, 0.3) is 5.91 Å². The van der Waals surface area contributed by atoms with Crippen molar-refractivity contribution in [2.75, 3.05) is 26.2 Å². The number of hydrogen-bond donors (Lipinski definition) is 0. The van der Waals surface area contributed by atoms with Crippen molar-refractivity contribution in [3.05, 3.63) is 52.6 Å². The van der Waals surface area contributed by atoms with Crippen molar-refractivity contribution in [1.29, 1.82) is 0 Å². The van der Waals surface area contributed by atoms with Crippen molar-refractivity contribution in [3.63, 3.8) is 0 Å². The van der Waals surface area contributed by atoms with Gasteiger partial charge in [0.05, 0.1) is 5.56 Å². The number of halogens is 1. The summed E-state index contributed by atoms with van der Waals surface area (Å²) in [4.78, 5) is 33.7. The van der Waals surface area contributed by atoms with Crippen LogP contribution in [-0.2, 0) is 4.79 Å². The van der Waals surface area contributed by atoms with Gasteiger partial charge in [0.1, 0.15) is 5.75 Å². The second kappa shape index (κ2) is 9.60. The minimum absolute atomic E-state index is 0.0413. The average molecular weight is 472 g/mol. The molecule has 1 aromatic carbocycles. The topological polar surface area (TPSA) is 62.7 Å². The highest BCUT2D eigenvalue weighted by Gasteiger charge is 2.31. The van der Waals surface area contributed by atoms with Crippen LogP contribution in [0.5, 0.6) is 11.6 Å². The van der Waals surface area contributed by atoms with Crippen LogP contribution in [0.1, 0.15) is 42.5 Å². The normalized spacial score (nSPS) is 17.6. The predicted octanol–water partition coefficient (Wildman–Crippen LogP) is 4.50. The zero-order valence-corrected chi connectivity index (χ0v) is 18.5. The van der Waals surface area contributed by atoms with E-state index in [2.05, 4.69) is 20.9 Å². The number of ether oxygens (including phenoxy) is 1. The maximum Gasteiger partial charge on any atom is 0.255 e. The highest BCUT2D eigenvalue weighted by molar-refractivity contribution is 9.10. The Bertz CT molecular complexity index is 889. The molecular weight excluding hydrogens is 446 g/mol. The fourth-order valence-electron chi connectivity index (χ4n) is 4.10. The molecule has 0 N–H and O–H groups in total. The molecule has 2 aliphatic heterocycles. The molecule has 2 aliphatic rings. The lowest BCUT2D eigenvalue weighted by atomic mass is 9.94. The molecular formula is C23H26BrN3O3. The molecule has 0 spiro atoms. The SMILES string of the molecule is O=C(c1ccc(Oc2cccc(Br)c2)nc1)N1CCC(C(=O)N2CCCCC2)CC1. The van der Waals surface area contributed by atoms with E-state index in [9.17, 15) is 9.59 Å². The standard InChI is InChI=1S/C23H26BrN3O3/c24-19-5-4-6-20(15-19)30-21-8-7-18(16-25-21)23(29)27-13-9-17(10-14-27)22(28)26-11-2-1-3-12-26/h4-8,15-17H,1-3,9-14H2. The number of carbonyl (C=O) groups is 2. The van der Waals surface area contributed by atoms with Crippen LogP contribution in [0.2, 0.25) is 0 Å². The molecule has 2 amide bonds. The zero-order valence-electron chi connectivity index (χ0n) is 16.9. The Morgan fingerprint density at radius 2 is 1.73 bits per heavy atom. The fourth-order valence-corrected chi connectivity index (χ4v) is 4.48. The van der Waals surface area contributed by atoms with E-state index in [1.54, 1.807) is 18.3 Å². The minimum Gasteiger partial charge on any atom is -0.439 e. The lowest BCUT2D eigenvalue weighted by molar-refractivity contribution is -0.137. The first kappa shape index (κ1) is 20.8. The van der Waals surface area contributed by atoms with Crippen molar-refractivity contribution >= 4 is 27.7 Å². The van der Waals surface area contributed by atoms with E-state index in [0.717, 1.165) is 43.2 Å². The number of pyridine rings is 1. The molecule has 0 aliphatic carbocycles. The molecule has 4 rings (SSSR count). The van der Waals surface area contributed by atoms with Crippen molar-refractivity contribution in [3.8, 4) is 11.6 Å². The molecule has 0 atom stereocenters. The van der Waals surface area contributed by atoms with E-state index in [-0.39, 0.29) is 17.7 Å². The van der Waals surface area contributed by atoms with Gasteiger partial charge in [-0.15, -0.1) is 0 Å². The van der Waals surface area contributed by atoms with E-state index in [4.69, 9.17) is 4.74 Å². The van der Waals surface area contributed by atoms with Gasteiger partial charge in [-0.1, -0.05) is 22.0 Å². The van der Waals surface area contributed by atoms with Crippen LogP contribution >= 0.6 is 15.9 Å². The van der Waals surface area contributed by atoms with Crippen LogP contribution < -0.4 is 4.74 Å². The number of likely N-dealkylation sites (tertiary alicyclic amines) is 2. The number of carbonyl (C=O) groups excluding carboxylic acids is 2. The van der Waals surface area contributed by atoms with E-state index < -0.39 is 0 Å². The van der Waals surface area contributed by atoms with Gasteiger partial charge in [0, 0.05) is 48.8 Å². The summed E-state index contributed by atoms with van der Waals surface area (Å²) in [5, 5.41) is 0. The fraction of sp³-hybridized carbons (Fsp3) is 0.435. The summed E-state index contributed by atoms with van der Waals surface area (Å²) >= 11 is 3.41. The first-order valence-electron chi connectivity index (χ1n) is 10.6.